The maximum atomic E-state index is 6.72. The quantitative estimate of drug-likeness (QED) is 0.0281. The second-order valence-corrected chi connectivity index (χ2v) is 38.6. The number of fused-ring (bicyclic) bond motifs is 6. The van der Waals surface area contributed by atoms with Crippen molar-refractivity contribution in [2.45, 2.75) is 317 Å². The lowest BCUT2D eigenvalue weighted by Crippen LogP contribution is -2.41. The van der Waals surface area contributed by atoms with Gasteiger partial charge in [0.15, 0.2) is 0 Å². The molecule has 2 saturated heterocycles. The number of hydrogen-bond donors (Lipinski definition) is 0. The zero-order valence-electron chi connectivity index (χ0n) is 77.9. The molecular weight excluding hydrogens is 1510 g/mol. The first-order valence-electron chi connectivity index (χ1n) is 48.6. The summed E-state index contributed by atoms with van der Waals surface area (Å²) >= 11 is 0. The van der Waals surface area contributed by atoms with E-state index < -0.39 is 36.6 Å². The SMILES string of the molecule is CCCCCCCCC1(CCCCCCCC)c2cc(-c3ccc(N(c4ccc(B5OC(C)(C)C(C)(C)O5)cc4)c4ccc(-c5ccc(CCCC)cc5)cc4)cc3)ccc2-c2cc3c(cc21)c1ccccc1n3-c1cc(CCCCCC)c(N(c2ccc(B3OC(C)(C)C(C)(C)O3)cc2)c2ccc(-c3ccc(CCCC)cc3)cc2)cc1CCCCCC. The fourth-order valence-corrected chi connectivity index (χ4v) is 19.7. The van der Waals surface area contributed by atoms with E-state index in [1.807, 2.05) is 0 Å². The topological polar surface area (TPSA) is 48.3 Å². The molecule has 0 saturated carbocycles. The number of anilines is 6. The summed E-state index contributed by atoms with van der Waals surface area (Å²) in [5, 5.41) is 2.69. The average Bonchev–Trinajstić information content (AvgIpc) is 1.53. The summed E-state index contributed by atoms with van der Waals surface area (Å²) in [5.74, 6) is 0. The molecule has 1 aromatic heterocycles. The lowest BCUT2D eigenvalue weighted by atomic mass is 9.70. The van der Waals surface area contributed by atoms with Crippen LogP contribution in [0.5, 0.6) is 0 Å². The van der Waals surface area contributed by atoms with Crippen LogP contribution in [0.1, 0.15) is 297 Å². The number of rotatable bonds is 42. The van der Waals surface area contributed by atoms with Crippen molar-refractivity contribution in [2.24, 2.45) is 0 Å². The Morgan fingerprint density at radius 3 is 1.09 bits per heavy atom. The first kappa shape index (κ1) is 89.6. The predicted octanol–water partition coefficient (Wildman–Crippen LogP) is 32.0. The van der Waals surface area contributed by atoms with Crippen molar-refractivity contribution in [1.82, 2.24) is 4.57 Å². The lowest BCUT2D eigenvalue weighted by Gasteiger charge is -2.33. The minimum atomic E-state index is -0.465. The fourth-order valence-electron chi connectivity index (χ4n) is 19.7. The van der Waals surface area contributed by atoms with E-state index in [1.54, 1.807) is 0 Å². The van der Waals surface area contributed by atoms with Crippen molar-refractivity contribution in [3.63, 3.8) is 0 Å². The smallest absolute Gasteiger partial charge is 0.399 e. The summed E-state index contributed by atoms with van der Waals surface area (Å²) in [7, 11) is -0.916. The summed E-state index contributed by atoms with van der Waals surface area (Å²) in [4.78, 5) is 4.99. The van der Waals surface area contributed by atoms with Crippen molar-refractivity contribution in [3.8, 4) is 50.2 Å². The van der Waals surface area contributed by atoms with Crippen molar-refractivity contribution in [3.05, 3.63) is 270 Å². The molecule has 124 heavy (non-hydrogen) atoms. The highest BCUT2D eigenvalue weighted by molar-refractivity contribution is 6.62. The number of unbranched alkanes of at least 4 members (excludes halogenated alkanes) is 18. The summed E-state index contributed by atoms with van der Waals surface area (Å²) in [5.41, 5.74) is 29.6. The average molecular weight is 1650 g/mol. The van der Waals surface area contributed by atoms with E-state index in [9.17, 15) is 0 Å². The number of para-hydroxylation sites is 1. The van der Waals surface area contributed by atoms with Gasteiger partial charge in [0.25, 0.3) is 0 Å². The molecule has 646 valence electrons. The number of aryl methyl sites for hydroxylation is 4. The molecule has 0 amide bonds. The normalized spacial score (nSPS) is 15.3. The summed E-state index contributed by atoms with van der Waals surface area (Å²) < 4.78 is 29.4. The molecule has 3 aliphatic rings. The van der Waals surface area contributed by atoms with Gasteiger partial charge in [-0.2, -0.15) is 0 Å². The molecular formula is C115H141B2N3O4. The Bertz CT molecular complexity index is 5440. The molecule has 9 heteroatoms. The molecule has 15 rings (SSSR count). The van der Waals surface area contributed by atoms with E-state index in [4.69, 9.17) is 18.6 Å². The van der Waals surface area contributed by atoms with E-state index in [1.165, 1.54) is 252 Å². The van der Waals surface area contributed by atoms with Gasteiger partial charge >= 0.3 is 14.2 Å². The fraction of sp³-hybridized carbons (Fsp3) is 0.426. The van der Waals surface area contributed by atoms with Crippen LogP contribution in [-0.2, 0) is 49.7 Å². The predicted molar refractivity (Wildman–Crippen MR) is 533 cm³/mol. The first-order valence-corrected chi connectivity index (χ1v) is 48.6. The van der Waals surface area contributed by atoms with Crippen molar-refractivity contribution < 1.29 is 18.6 Å². The van der Waals surface area contributed by atoms with Crippen molar-refractivity contribution >= 4 is 81.1 Å². The highest BCUT2D eigenvalue weighted by Gasteiger charge is 2.53. The van der Waals surface area contributed by atoms with E-state index in [-0.39, 0.29) is 5.41 Å². The van der Waals surface area contributed by atoms with Gasteiger partial charge in [-0.05, 0) is 305 Å². The molecule has 0 radical (unpaired) electrons. The second kappa shape index (κ2) is 40.2. The van der Waals surface area contributed by atoms with Crippen LogP contribution >= 0.6 is 0 Å². The van der Waals surface area contributed by atoms with Crippen LogP contribution in [0.25, 0.3) is 72.0 Å². The van der Waals surface area contributed by atoms with Gasteiger partial charge in [0.05, 0.1) is 33.4 Å². The molecule has 1 aliphatic carbocycles. The molecule has 12 aromatic rings. The van der Waals surface area contributed by atoms with Crippen LogP contribution in [0.15, 0.2) is 237 Å². The van der Waals surface area contributed by atoms with Gasteiger partial charge in [-0.15, -0.1) is 0 Å². The maximum absolute atomic E-state index is 6.72. The summed E-state index contributed by atoms with van der Waals surface area (Å²) in [6, 6.07) is 92.5. The van der Waals surface area contributed by atoms with Gasteiger partial charge in [-0.3, -0.25) is 0 Å². The third kappa shape index (κ3) is 19.5. The Labute approximate surface area is 746 Å². The Morgan fingerprint density at radius 1 is 0.282 bits per heavy atom. The molecule has 2 fully saturated rings. The summed E-state index contributed by atoms with van der Waals surface area (Å²) in [6.07, 6.45) is 35.7. The van der Waals surface area contributed by atoms with Gasteiger partial charge in [0.2, 0.25) is 0 Å². The molecule has 7 nitrogen and oxygen atoms in total. The van der Waals surface area contributed by atoms with E-state index in [0.29, 0.717) is 0 Å². The van der Waals surface area contributed by atoms with Gasteiger partial charge in [-0.25, -0.2) is 0 Å². The Hall–Kier alpha value is -9.21. The van der Waals surface area contributed by atoms with Crippen LogP contribution in [0.4, 0.5) is 34.1 Å². The Morgan fingerprint density at radius 2 is 0.645 bits per heavy atom. The molecule has 3 heterocycles. The molecule has 0 bridgehead atoms. The minimum absolute atomic E-state index is 0.180. The van der Waals surface area contributed by atoms with E-state index in [0.717, 1.165) is 90.7 Å². The monoisotopic (exact) mass is 1650 g/mol. The highest BCUT2D eigenvalue weighted by atomic mass is 16.7. The molecule has 2 aliphatic heterocycles. The molecule has 0 unspecified atom stereocenters. The lowest BCUT2D eigenvalue weighted by molar-refractivity contribution is 0.00578. The highest BCUT2D eigenvalue weighted by Crippen LogP contribution is 2.58. The Balaban J connectivity index is 0.869. The number of benzene rings is 11. The number of hydrogen-bond acceptors (Lipinski definition) is 6. The molecule has 0 N–H and O–H groups in total. The van der Waals surface area contributed by atoms with Crippen LogP contribution < -0.4 is 20.7 Å². The van der Waals surface area contributed by atoms with Crippen LogP contribution in [0.2, 0.25) is 0 Å². The largest absolute Gasteiger partial charge is 0.494 e. The zero-order valence-corrected chi connectivity index (χ0v) is 77.9. The van der Waals surface area contributed by atoms with Crippen LogP contribution in [0.3, 0.4) is 0 Å². The number of aromatic nitrogens is 1. The number of nitrogens with zero attached hydrogens (tertiary/aromatic N) is 3. The zero-order chi connectivity index (χ0) is 86.6. The van der Waals surface area contributed by atoms with Gasteiger partial charge < -0.3 is 33.0 Å². The maximum Gasteiger partial charge on any atom is 0.494 e. The van der Waals surface area contributed by atoms with Gasteiger partial charge in [0, 0.05) is 56.0 Å². The van der Waals surface area contributed by atoms with Crippen molar-refractivity contribution in [2.75, 3.05) is 9.80 Å². The first-order chi connectivity index (χ1) is 60.2. The molecule has 0 spiro atoms. The standard InChI is InChI=1S/C115H141B2N3O4/c1-15-21-27-31-33-39-77-115(78-40-34-32-28-22-16-2)105-79-91(90-59-68-97(69-60-90)118(98-72-62-94(63-73-98)116-121-111(7,8)112(9,10)122-116)96-66-55-88(56-67-96)86-51-47-84(48-52-86)41-25-19-5)61-76-101(105)103-83-110-104(82-106(103)115)102-45-37-38-46-107(102)120(110)109-81-92(43-35-29-23-17-3)108(80-93(109)44-36-30-24-18-4)119(100-74-64-95(65-75-100)117-123-113(11,12)114(13,14)124-117)99-70-57-89(58-71-99)87-53-49-85(50-54-87)42-26-20-6/h37-38,45-76,79-83H,15-36,39-44,77-78H2,1-14H3. The van der Waals surface area contributed by atoms with Crippen LogP contribution in [0, 0.1) is 0 Å². The van der Waals surface area contributed by atoms with Gasteiger partial charge in [-0.1, -0.05) is 309 Å². The minimum Gasteiger partial charge on any atom is -0.399 e. The Kier molecular flexibility index (Phi) is 29.0. The van der Waals surface area contributed by atoms with Crippen molar-refractivity contribution in [1.29, 1.82) is 0 Å². The summed E-state index contributed by atoms with van der Waals surface area (Å²) in [6.45, 7) is 31.0. The van der Waals surface area contributed by atoms with Gasteiger partial charge in [0.1, 0.15) is 0 Å². The second-order valence-electron chi connectivity index (χ2n) is 38.6. The molecule has 11 aromatic carbocycles. The third-order valence-electron chi connectivity index (χ3n) is 28.7. The van der Waals surface area contributed by atoms with Crippen LogP contribution in [-0.4, -0.2) is 41.2 Å². The molecule has 0 atom stereocenters. The third-order valence-corrected chi connectivity index (χ3v) is 28.7. The van der Waals surface area contributed by atoms with E-state index >= 15 is 0 Å². The van der Waals surface area contributed by atoms with E-state index in [2.05, 4.69) is 348 Å².